The van der Waals surface area contributed by atoms with E-state index in [0.717, 1.165) is 11.0 Å². The first-order valence-corrected chi connectivity index (χ1v) is 6.67. The lowest BCUT2D eigenvalue weighted by atomic mass is 9.85. The summed E-state index contributed by atoms with van der Waals surface area (Å²) in [6.45, 7) is 0.838. The van der Waals surface area contributed by atoms with Gasteiger partial charge in [0.25, 0.3) is 5.91 Å². The molecule has 1 aromatic carbocycles. The van der Waals surface area contributed by atoms with E-state index in [0.29, 0.717) is 17.2 Å². The number of carbonyl (C=O) groups is 1. The lowest BCUT2D eigenvalue weighted by Gasteiger charge is -2.30. The van der Waals surface area contributed by atoms with Crippen LogP contribution in [-0.4, -0.2) is 24.4 Å². The van der Waals surface area contributed by atoms with Gasteiger partial charge in [0, 0.05) is 23.8 Å². The third-order valence-electron chi connectivity index (χ3n) is 3.35. The number of anilines is 1. The Morgan fingerprint density at radius 1 is 1.53 bits per heavy atom. The summed E-state index contributed by atoms with van der Waals surface area (Å²) in [4.78, 5) is 14.0. The molecule has 0 radical (unpaired) electrons. The number of carbonyl (C=O) groups excluding carboxylic acids is 1. The van der Waals surface area contributed by atoms with E-state index < -0.39 is 0 Å². The number of nitrogen functional groups attached to an aromatic ring is 1. The number of rotatable bonds is 3. The maximum Gasteiger partial charge on any atom is 0.255 e. The highest BCUT2D eigenvalue weighted by molar-refractivity contribution is 9.10. The fourth-order valence-corrected chi connectivity index (χ4v) is 2.43. The number of nitrogens with two attached hydrogens (primary N) is 1. The average molecular weight is 297 g/mol. The van der Waals surface area contributed by atoms with Crippen LogP contribution in [-0.2, 0) is 0 Å². The summed E-state index contributed by atoms with van der Waals surface area (Å²) in [7, 11) is 1.85. The zero-order chi connectivity index (χ0) is 12.4. The van der Waals surface area contributed by atoms with Gasteiger partial charge in [0.1, 0.15) is 0 Å². The molecule has 0 unspecified atom stereocenters. The van der Waals surface area contributed by atoms with Crippen LogP contribution in [0, 0.1) is 5.92 Å². The summed E-state index contributed by atoms with van der Waals surface area (Å²) in [5.74, 6) is 0.688. The van der Waals surface area contributed by atoms with Crippen molar-refractivity contribution in [3.63, 3.8) is 0 Å². The van der Waals surface area contributed by atoms with E-state index >= 15 is 0 Å². The molecule has 1 amide bonds. The van der Waals surface area contributed by atoms with Crippen LogP contribution in [0.2, 0.25) is 0 Å². The van der Waals surface area contributed by atoms with Crippen LogP contribution in [0.4, 0.5) is 5.69 Å². The number of amides is 1. The lowest BCUT2D eigenvalue weighted by Crippen LogP contribution is -2.34. The van der Waals surface area contributed by atoms with E-state index in [1.165, 1.54) is 19.3 Å². The Bertz CT molecular complexity index is 429. The minimum absolute atomic E-state index is 0.00991. The fourth-order valence-electron chi connectivity index (χ4n) is 2.06. The van der Waals surface area contributed by atoms with E-state index in [4.69, 9.17) is 5.73 Å². The van der Waals surface area contributed by atoms with Crippen molar-refractivity contribution in [2.45, 2.75) is 19.3 Å². The minimum atomic E-state index is 0.00991. The van der Waals surface area contributed by atoms with Crippen LogP contribution in [0.5, 0.6) is 0 Å². The van der Waals surface area contributed by atoms with Crippen LogP contribution in [0.1, 0.15) is 29.6 Å². The maximum absolute atomic E-state index is 12.2. The van der Waals surface area contributed by atoms with Crippen molar-refractivity contribution in [2.75, 3.05) is 19.3 Å². The van der Waals surface area contributed by atoms with Gasteiger partial charge in [0.05, 0.1) is 5.56 Å². The number of nitrogens with zero attached hydrogens (tertiary/aromatic N) is 1. The van der Waals surface area contributed by atoms with Gasteiger partial charge in [-0.3, -0.25) is 4.79 Å². The third kappa shape index (κ3) is 2.80. The highest BCUT2D eigenvalue weighted by Crippen LogP contribution is 2.27. The van der Waals surface area contributed by atoms with Crippen LogP contribution in [0.3, 0.4) is 0 Å². The zero-order valence-electron chi connectivity index (χ0n) is 9.95. The zero-order valence-corrected chi connectivity index (χ0v) is 11.5. The molecule has 3 nitrogen and oxygen atoms in total. The van der Waals surface area contributed by atoms with Gasteiger partial charge in [-0.05, 0) is 37.0 Å². The molecule has 0 heterocycles. The highest BCUT2D eigenvalue weighted by Gasteiger charge is 2.22. The molecule has 1 fully saturated rings. The Hall–Kier alpha value is -1.03. The van der Waals surface area contributed by atoms with Crippen molar-refractivity contribution in [2.24, 2.45) is 5.92 Å². The van der Waals surface area contributed by atoms with Crippen molar-refractivity contribution in [1.29, 1.82) is 0 Å². The topological polar surface area (TPSA) is 46.3 Å². The molecule has 1 aliphatic rings. The summed E-state index contributed by atoms with van der Waals surface area (Å²) >= 11 is 3.36. The third-order valence-corrected chi connectivity index (χ3v) is 3.84. The standard InChI is InChI=1S/C13H17BrN2O/c1-16(8-9-3-2-4-9)13(17)11-7-10(14)5-6-12(11)15/h5-7,9H,2-4,8,15H2,1H3. The second-order valence-corrected chi connectivity index (χ2v) is 5.63. The van der Waals surface area contributed by atoms with Crippen LogP contribution in [0.15, 0.2) is 22.7 Å². The molecule has 0 bridgehead atoms. The van der Waals surface area contributed by atoms with Crippen molar-refractivity contribution in [3.8, 4) is 0 Å². The summed E-state index contributed by atoms with van der Waals surface area (Å²) in [5, 5.41) is 0. The molecule has 2 rings (SSSR count). The summed E-state index contributed by atoms with van der Waals surface area (Å²) < 4.78 is 0.882. The van der Waals surface area contributed by atoms with E-state index in [1.54, 1.807) is 17.0 Å². The maximum atomic E-state index is 12.2. The van der Waals surface area contributed by atoms with Gasteiger partial charge in [-0.25, -0.2) is 0 Å². The predicted molar refractivity (Wildman–Crippen MR) is 72.9 cm³/mol. The normalized spacial score (nSPS) is 15.4. The molecular formula is C13H17BrN2O. The molecule has 0 atom stereocenters. The first-order valence-electron chi connectivity index (χ1n) is 5.88. The van der Waals surface area contributed by atoms with Crippen molar-refractivity contribution in [3.05, 3.63) is 28.2 Å². The summed E-state index contributed by atoms with van der Waals surface area (Å²) in [6.07, 6.45) is 3.78. The van der Waals surface area contributed by atoms with Gasteiger partial charge in [-0.1, -0.05) is 22.4 Å². The molecule has 92 valence electrons. The van der Waals surface area contributed by atoms with Gasteiger partial charge in [0.15, 0.2) is 0 Å². The average Bonchev–Trinajstić information content (AvgIpc) is 2.25. The van der Waals surface area contributed by atoms with Crippen LogP contribution >= 0.6 is 15.9 Å². The summed E-state index contributed by atoms with van der Waals surface area (Å²) in [6, 6.07) is 5.39. The van der Waals surface area contributed by atoms with Gasteiger partial charge in [-0.15, -0.1) is 0 Å². The molecule has 1 aliphatic carbocycles. The van der Waals surface area contributed by atoms with E-state index in [9.17, 15) is 4.79 Å². The second kappa shape index (κ2) is 5.08. The first kappa shape index (κ1) is 12.4. The second-order valence-electron chi connectivity index (χ2n) is 4.71. The van der Waals surface area contributed by atoms with Crippen LogP contribution in [0.25, 0.3) is 0 Å². The lowest BCUT2D eigenvalue weighted by molar-refractivity contribution is 0.0746. The number of hydrogen-bond acceptors (Lipinski definition) is 2. The molecule has 1 saturated carbocycles. The molecule has 0 aromatic heterocycles. The van der Waals surface area contributed by atoms with Gasteiger partial charge >= 0.3 is 0 Å². The first-order chi connectivity index (χ1) is 8.08. The molecule has 0 aliphatic heterocycles. The Kier molecular flexibility index (Phi) is 3.72. The highest BCUT2D eigenvalue weighted by atomic mass is 79.9. The minimum Gasteiger partial charge on any atom is -0.398 e. The molecule has 1 aromatic rings. The van der Waals surface area contributed by atoms with Crippen molar-refractivity contribution in [1.82, 2.24) is 4.90 Å². The smallest absolute Gasteiger partial charge is 0.255 e. The van der Waals surface area contributed by atoms with E-state index in [-0.39, 0.29) is 5.91 Å². The Morgan fingerprint density at radius 2 is 2.24 bits per heavy atom. The molecule has 2 N–H and O–H groups in total. The Balaban J connectivity index is 2.09. The number of hydrogen-bond donors (Lipinski definition) is 1. The quantitative estimate of drug-likeness (QED) is 0.872. The predicted octanol–water partition coefficient (Wildman–Crippen LogP) is 2.90. The summed E-state index contributed by atoms with van der Waals surface area (Å²) in [5.41, 5.74) is 6.96. The van der Waals surface area contributed by atoms with Gasteiger partial charge in [-0.2, -0.15) is 0 Å². The molecule has 0 spiro atoms. The van der Waals surface area contributed by atoms with Gasteiger partial charge in [0.2, 0.25) is 0 Å². The van der Waals surface area contributed by atoms with E-state index in [1.807, 2.05) is 13.1 Å². The SMILES string of the molecule is CN(CC1CCC1)C(=O)c1cc(Br)ccc1N. The Labute approximate surface area is 110 Å². The molecule has 17 heavy (non-hydrogen) atoms. The van der Waals surface area contributed by atoms with E-state index in [2.05, 4.69) is 15.9 Å². The molecular weight excluding hydrogens is 280 g/mol. The monoisotopic (exact) mass is 296 g/mol. The fraction of sp³-hybridized carbons (Fsp3) is 0.462. The van der Waals surface area contributed by atoms with Gasteiger partial charge < -0.3 is 10.6 Å². The molecule has 4 heteroatoms. The van der Waals surface area contributed by atoms with Crippen molar-refractivity contribution < 1.29 is 4.79 Å². The van der Waals surface area contributed by atoms with Crippen LogP contribution < -0.4 is 5.73 Å². The van der Waals surface area contributed by atoms with Crippen molar-refractivity contribution >= 4 is 27.5 Å². The molecule has 0 saturated heterocycles. The number of halogens is 1. The Morgan fingerprint density at radius 3 is 2.82 bits per heavy atom. The number of benzene rings is 1. The largest absolute Gasteiger partial charge is 0.398 e.